The lowest BCUT2D eigenvalue weighted by atomic mass is 9.75. The molecule has 2 saturated heterocycles. The molecule has 0 radical (unpaired) electrons. The highest BCUT2D eigenvalue weighted by Crippen LogP contribution is 2.45. The fraction of sp³-hybridized carbons (Fsp3) is 0.690. The number of benzene rings is 1. The van der Waals surface area contributed by atoms with Crippen LogP contribution in [0, 0.1) is 16.7 Å². The zero-order valence-electron chi connectivity index (χ0n) is 22.2. The summed E-state index contributed by atoms with van der Waals surface area (Å²) in [5, 5.41) is 2.97. The molecule has 2 aliphatic heterocycles. The number of nitroso groups, excluding NO2 is 1. The highest BCUT2D eigenvalue weighted by Gasteiger charge is 2.46. The number of ether oxygens (including phenoxy) is 2. The number of hydrogen-bond donors (Lipinski definition) is 0. The average Bonchev–Trinajstić information content (AvgIpc) is 3.08. The van der Waals surface area contributed by atoms with Gasteiger partial charge in [0.25, 0.3) is 5.56 Å². The summed E-state index contributed by atoms with van der Waals surface area (Å²) < 4.78 is 12.9. The lowest BCUT2D eigenvalue weighted by Crippen LogP contribution is -2.62. The van der Waals surface area contributed by atoms with Crippen molar-refractivity contribution >= 4 is 17.0 Å². The van der Waals surface area contributed by atoms with Crippen LogP contribution in [-0.2, 0) is 14.3 Å². The standard InChI is InChI=1S/C29H38N4O5/c1-2-38-29(35)27(31-36)26-28(34)33(25-10-6-5-9-24(25)30-26)21-14-22-16-37-17-23(15-21)32(22)20-12-18-7-3-4-8-19(11-18)13-20/h5-6,9-10,18-23,27H,2-4,7-8,11-17H2,1H3. The summed E-state index contributed by atoms with van der Waals surface area (Å²) in [5.41, 5.74) is 0.705. The smallest absolute Gasteiger partial charge is 0.341 e. The maximum Gasteiger partial charge on any atom is 0.341 e. The predicted molar refractivity (Wildman–Crippen MR) is 143 cm³/mol. The fourth-order valence-electron chi connectivity index (χ4n) is 7.97. The highest BCUT2D eigenvalue weighted by molar-refractivity contribution is 5.79. The summed E-state index contributed by atoms with van der Waals surface area (Å²) in [6.45, 7) is 3.09. The van der Waals surface area contributed by atoms with Gasteiger partial charge in [-0.25, -0.2) is 9.78 Å². The minimum atomic E-state index is -1.58. The molecule has 4 fully saturated rings. The molecule has 3 heterocycles. The highest BCUT2D eigenvalue weighted by atomic mass is 16.5. The van der Waals surface area contributed by atoms with Crippen molar-refractivity contribution in [2.75, 3.05) is 19.8 Å². The molecular weight excluding hydrogens is 484 g/mol. The lowest BCUT2D eigenvalue weighted by molar-refractivity contribution is -0.144. The molecule has 1 aromatic heterocycles. The number of hydrogen-bond acceptors (Lipinski definition) is 8. The number of fused-ring (bicyclic) bond motifs is 5. The van der Waals surface area contributed by atoms with E-state index in [0.29, 0.717) is 24.8 Å². The predicted octanol–water partition coefficient (Wildman–Crippen LogP) is 4.53. The van der Waals surface area contributed by atoms with Gasteiger partial charge in [-0.1, -0.05) is 37.8 Å². The van der Waals surface area contributed by atoms with Gasteiger partial charge in [0.15, 0.2) is 0 Å². The molecule has 38 heavy (non-hydrogen) atoms. The molecule has 4 aliphatic rings. The molecule has 0 N–H and O–H groups in total. The Morgan fingerprint density at radius 1 is 1.03 bits per heavy atom. The molecular formula is C29H38N4O5. The number of morpholine rings is 1. The van der Waals surface area contributed by atoms with Crippen molar-refractivity contribution in [2.45, 2.75) is 94.9 Å². The molecule has 2 aromatic rings. The monoisotopic (exact) mass is 522 g/mol. The number of nitrogens with zero attached hydrogens (tertiary/aromatic N) is 4. The maximum absolute atomic E-state index is 13.9. The first-order valence-electron chi connectivity index (χ1n) is 14.4. The zero-order chi connectivity index (χ0) is 26.2. The quantitative estimate of drug-likeness (QED) is 0.406. The van der Waals surface area contributed by atoms with Crippen molar-refractivity contribution in [1.29, 1.82) is 0 Å². The number of carbonyl (C=O) groups is 1. The number of para-hydroxylation sites is 2. The number of aromatic nitrogens is 2. The SMILES string of the molecule is CCOC(=O)C(N=O)c1nc2ccccc2n(C2CC3COCC(C2)N3C2CC3CCCCC(C3)C2)c1=O. The summed E-state index contributed by atoms with van der Waals surface area (Å²) in [7, 11) is 0. The Labute approximate surface area is 222 Å². The first-order valence-corrected chi connectivity index (χ1v) is 14.4. The van der Waals surface area contributed by atoms with Gasteiger partial charge in [0.1, 0.15) is 5.69 Å². The molecule has 0 amide bonds. The molecule has 9 nitrogen and oxygen atoms in total. The Balaban J connectivity index is 1.34. The van der Waals surface area contributed by atoms with E-state index < -0.39 is 17.6 Å². The van der Waals surface area contributed by atoms with Gasteiger partial charge in [-0.05, 0) is 68.2 Å². The van der Waals surface area contributed by atoms with Crippen molar-refractivity contribution in [3.8, 4) is 0 Å². The van der Waals surface area contributed by atoms with E-state index in [9.17, 15) is 14.5 Å². The van der Waals surface area contributed by atoms with Crippen LogP contribution in [0.1, 0.15) is 82.5 Å². The van der Waals surface area contributed by atoms with E-state index in [1.807, 2.05) is 24.3 Å². The maximum atomic E-state index is 13.9. The van der Waals surface area contributed by atoms with Crippen LogP contribution in [0.2, 0.25) is 0 Å². The third-order valence-electron chi connectivity index (χ3n) is 9.39. The van der Waals surface area contributed by atoms with Gasteiger partial charge in [0.05, 0.1) is 30.9 Å². The van der Waals surface area contributed by atoms with Gasteiger partial charge in [-0.3, -0.25) is 9.69 Å². The van der Waals surface area contributed by atoms with Crippen LogP contribution < -0.4 is 5.56 Å². The van der Waals surface area contributed by atoms with Crippen molar-refractivity contribution in [3.05, 3.63) is 45.2 Å². The molecule has 2 aliphatic carbocycles. The van der Waals surface area contributed by atoms with E-state index in [4.69, 9.17) is 9.47 Å². The minimum absolute atomic E-state index is 0.0790. The largest absolute Gasteiger partial charge is 0.464 e. The van der Waals surface area contributed by atoms with Gasteiger partial charge >= 0.3 is 5.97 Å². The summed E-state index contributed by atoms with van der Waals surface area (Å²) in [6.07, 6.45) is 11.0. The normalized spacial score (nSPS) is 32.3. The van der Waals surface area contributed by atoms with Crippen LogP contribution in [0.5, 0.6) is 0 Å². The molecule has 4 bridgehead atoms. The van der Waals surface area contributed by atoms with Gasteiger partial charge in [-0.15, -0.1) is 4.91 Å². The molecule has 2 saturated carbocycles. The Hall–Kier alpha value is -2.65. The number of esters is 1. The third-order valence-corrected chi connectivity index (χ3v) is 9.39. The summed E-state index contributed by atoms with van der Waals surface area (Å²) in [4.78, 5) is 45.3. The van der Waals surface area contributed by atoms with E-state index in [1.54, 1.807) is 11.5 Å². The second-order valence-corrected chi connectivity index (χ2v) is 11.7. The summed E-state index contributed by atoms with van der Waals surface area (Å²) in [6, 6.07) is 6.85. The van der Waals surface area contributed by atoms with E-state index >= 15 is 0 Å². The van der Waals surface area contributed by atoms with Crippen LogP contribution in [0.4, 0.5) is 0 Å². The van der Waals surface area contributed by atoms with E-state index in [1.165, 1.54) is 44.9 Å². The van der Waals surface area contributed by atoms with Crippen molar-refractivity contribution < 1.29 is 14.3 Å². The molecule has 0 spiro atoms. The van der Waals surface area contributed by atoms with Crippen LogP contribution in [0.15, 0.2) is 34.2 Å². The lowest BCUT2D eigenvalue weighted by Gasteiger charge is -2.54. The van der Waals surface area contributed by atoms with Gasteiger partial charge in [-0.2, -0.15) is 0 Å². The van der Waals surface area contributed by atoms with Gasteiger partial charge in [0.2, 0.25) is 6.04 Å². The van der Waals surface area contributed by atoms with Crippen molar-refractivity contribution in [3.63, 3.8) is 0 Å². The van der Waals surface area contributed by atoms with Crippen LogP contribution >= 0.6 is 0 Å². The summed E-state index contributed by atoms with van der Waals surface area (Å²) >= 11 is 0. The molecule has 9 heteroatoms. The first-order chi connectivity index (χ1) is 18.6. The third kappa shape index (κ3) is 4.68. The van der Waals surface area contributed by atoms with Crippen LogP contribution in [0.25, 0.3) is 11.0 Å². The van der Waals surface area contributed by atoms with E-state index in [-0.39, 0.29) is 30.4 Å². The number of rotatable bonds is 6. The molecule has 5 atom stereocenters. The van der Waals surface area contributed by atoms with Gasteiger partial charge < -0.3 is 14.0 Å². The summed E-state index contributed by atoms with van der Waals surface area (Å²) in [5.74, 6) is 0.837. The number of carbonyl (C=O) groups excluding carboxylic acids is 1. The van der Waals surface area contributed by atoms with Gasteiger partial charge in [0, 0.05) is 24.2 Å². The first kappa shape index (κ1) is 25.6. The van der Waals surface area contributed by atoms with E-state index in [2.05, 4.69) is 15.1 Å². The molecule has 5 unspecified atom stereocenters. The van der Waals surface area contributed by atoms with Crippen LogP contribution in [0.3, 0.4) is 0 Å². The topological polar surface area (TPSA) is 103 Å². The van der Waals surface area contributed by atoms with Crippen molar-refractivity contribution in [1.82, 2.24) is 14.5 Å². The molecule has 204 valence electrons. The van der Waals surface area contributed by atoms with Crippen LogP contribution in [-0.4, -0.2) is 58.4 Å². The van der Waals surface area contributed by atoms with Crippen molar-refractivity contribution in [2.24, 2.45) is 17.0 Å². The Bertz CT molecular complexity index is 1220. The zero-order valence-corrected chi connectivity index (χ0v) is 22.2. The minimum Gasteiger partial charge on any atom is -0.464 e. The average molecular weight is 523 g/mol. The Morgan fingerprint density at radius 3 is 2.37 bits per heavy atom. The Morgan fingerprint density at radius 2 is 1.71 bits per heavy atom. The second kappa shape index (κ2) is 10.8. The second-order valence-electron chi connectivity index (χ2n) is 11.7. The van der Waals surface area contributed by atoms with E-state index in [0.717, 1.165) is 30.2 Å². The molecule has 1 aromatic carbocycles. The number of piperidine rings is 1. The fourth-order valence-corrected chi connectivity index (χ4v) is 7.97. The molecule has 6 rings (SSSR count). The Kier molecular flexibility index (Phi) is 7.31.